The van der Waals surface area contributed by atoms with Crippen LogP contribution in [0.3, 0.4) is 0 Å². The van der Waals surface area contributed by atoms with Crippen LogP contribution in [-0.4, -0.2) is 18.4 Å². The van der Waals surface area contributed by atoms with E-state index in [9.17, 15) is 13.2 Å². The van der Waals surface area contributed by atoms with Gasteiger partial charge < -0.3 is 4.98 Å². The van der Waals surface area contributed by atoms with Gasteiger partial charge in [0.05, 0.1) is 21.4 Å². The Morgan fingerprint density at radius 2 is 2.10 bits per heavy atom. The molecule has 0 unspecified atom stereocenters. The van der Waals surface area contributed by atoms with Gasteiger partial charge in [-0.05, 0) is 18.2 Å². The molecule has 0 saturated heterocycles. The molecule has 0 atom stereocenters. The van der Waals surface area contributed by atoms with Gasteiger partial charge in [-0.15, -0.1) is 11.3 Å². The number of anilines is 1. The lowest BCUT2D eigenvalue weighted by Gasteiger charge is -2.07. The Labute approximate surface area is 118 Å². The van der Waals surface area contributed by atoms with Gasteiger partial charge in [0.15, 0.2) is 4.90 Å². The lowest BCUT2D eigenvalue weighted by Crippen LogP contribution is -2.20. The molecule has 0 aliphatic heterocycles. The number of fused-ring (bicyclic) bond motifs is 1. The van der Waals surface area contributed by atoms with Gasteiger partial charge in [-0.1, -0.05) is 0 Å². The maximum absolute atomic E-state index is 12.2. The van der Waals surface area contributed by atoms with Gasteiger partial charge in [-0.25, -0.2) is 13.4 Å². The van der Waals surface area contributed by atoms with Gasteiger partial charge in [0, 0.05) is 18.5 Å². The van der Waals surface area contributed by atoms with E-state index in [1.54, 1.807) is 23.7 Å². The largest absolute Gasteiger partial charge is 0.366 e. The molecular weight excluding hydrogens is 298 g/mol. The zero-order chi connectivity index (χ0) is 14.2. The second-order valence-corrected chi connectivity index (χ2v) is 6.55. The van der Waals surface area contributed by atoms with E-state index in [0.29, 0.717) is 5.69 Å². The zero-order valence-electron chi connectivity index (χ0n) is 10.0. The molecular formula is C12H9N3O3S2. The minimum Gasteiger partial charge on any atom is -0.366 e. The SMILES string of the molecule is O=c1cc[nH]cc1S(=O)(=O)Nc1ccc2ncsc2c1. The third-order valence-corrected chi connectivity index (χ3v) is 4.86. The number of pyridine rings is 1. The van der Waals surface area contributed by atoms with Crippen molar-refractivity contribution in [3.8, 4) is 0 Å². The van der Waals surface area contributed by atoms with Crippen LogP contribution in [-0.2, 0) is 10.0 Å². The normalized spacial score (nSPS) is 11.6. The second kappa shape index (κ2) is 4.73. The number of nitrogens with zero attached hydrogens (tertiary/aromatic N) is 1. The van der Waals surface area contributed by atoms with Crippen LogP contribution in [0.1, 0.15) is 0 Å². The van der Waals surface area contributed by atoms with Crippen LogP contribution in [0.2, 0.25) is 0 Å². The highest BCUT2D eigenvalue weighted by molar-refractivity contribution is 7.92. The summed E-state index contributed by atoms with van der Waals surface area (Å²) in [5.74, 6) is 0. The van der Waals surface area contributed by atoms with Crippen molar-refractivity contribution in [2.24, 2.45) is 0 Å². The molecule has 0 radical (unpaired) electrons. The number of thiazole rings is 1. The van der Waals surface area contributed by atoms with Crippen molar-refractivity contribution in [1.29, 1.82) is 0 Å². The molecule has 102 valence electrons. The summed E-state index contributed by atoms with van der Waals surface area (Å²) in [4.78, 5) is 18.0. The smallest absolute Gasteiger partial charge is 0.267 e. The highest BCUT2D eigenvalue weighted by Crippen LogP contribution is 2.23. The summed E-state index contributed by atoms with van der Waals surface area (Å²) < 4.78 is 27.6. The van der Waals surface area contributed by atoms with Crippen molar-refractivity contribution < 1.29 is 8.42 Å². The number of benzene rings is 1. The molecule has 3 aromatic rings. The van der Waals surface area contributed by atoms with Crippen molar-refractivity contribution in [2.45, 2.75) is 4.90 Å². The summed E-state index contributed by atoms with van der Waals surface area (Å²) in [5, 5.41) is 0. The summed E-state index contributed by atoms with van der Waals surface area (Å²) in [7, 11) is -3.91. The Morgan fingerprint density at radius 3 is 2.90 bits per heavy atom. The van der Waals surface area contributed by atoms with Crippen LogP contribution in [0.15, 0.2) is 51.9 Å². The lowest BCUT2D eigenvalue weighted by atomic mass is 10.3. The van der Waals surface area contributed by atoms with E-state index in [4.69, 9.17) is 0 Å². The number of rotatable bonds is 3. The molecule has 1 aromatic carbocycles. The van der Waals surface area contributed by atoms with Crippen molar-refractivity contribution in [2.75, 3.05) is 4.72 Å². The fourth-order valence-electron chi connectivity index (χ4n) is 1.74. The van der Waals surface area contributed by atoms with Gasteiger partial charge in [0.2, 0.25) is 5.43 Å². The first kappa shape index (κ1) is 12.8. The van der Waals surface area contributed by atoms with E-state index >= 15 is 0 Å². The number of nitrogens with one attached hydrogen (secondary N) is 2. The average molecular weight is 307 g/mol. The highest BCUT2D eigenvalue weighted by atomic mass is 32.2. The maximum atomic E-state index is 12.2. The average Bonchev–Trinajstić information content (AvgIpc) is 2.86. The first-order valence-electron chi connectivity index (χ1n) is 5.59. The molecule has 20 heavy (non-hydrogen) atoms. The van der Waals surface area contributed by atoms with Crippen LogP contribution >= 0.6 is 11.3 Å². The van der Waals surface area contributed by atoms with Crippen LogP contribution in [0, 0.1) is 0 Å². The second-order valence-electron chi connectivity index (χ2n) is 4.01. The standard InChI is InChI=1S/C12H9N3O3S2/c16-10-3-4-13-6-12(10)20(17,18)15-8-1-2-9-11(5-8)19-7-14-9/h1-7,15H,(H,13,16). The molecule has 0 saturated carbocycles. The Morgan fingerprint density at radius 1 is 1.25 bits per heavy atom. The quantitative estimate of drug-likeness (QED) is 0.771. The number of hydrogen-bond acceptors (Lipinski definition) is 5. The predicted octanol–water partition coefficient (Wildman–Crippen LogP) is 1.79. The van der Waals surface area contributed by atoms with E-state index < -0.39 is 15.5 Å². The first-order chi connectivity index (χ1) is 9.56. The van der Waals surface area contributed by atoms with Gasteiger partial charge in [-0.2, -0.15) is 0 Å². The van der Waals surface area contributed by atoms with Gasteiger partial charge in [-0.3, -0.25) is 9.52 Å². The number of aromatic nitrogens is 2. The summed E-state index contributed by atoms with van der Waals surface area (Å²) in [6.07, 6.45) is 2.54. The van der Waals surface area contributed by atoms with E-state index in [-0.39, 0.29) is 4.90 Å². The highest BCUT2D eigenvalue weighted by Gasteiger charge is 2.17. The monoisotopic (exact) mass is 307 g/mol. The van der Waals surface area contributed by atoms with Gasteiger partial charge >= 0.3 is 0 Å². The zero-order valence-corrected chi connectivity index (χ0v) is 11.7. The fourth-order valence-corrected chi connectivity index (χ4v) is 3.56. The summed E-state index contributed by atoms with van der Waals surface area (Å²) in [5.41, 5.74) is 2.32. The van der Waals surface area contributed by atoms with E-state index in [2.05, 4.69) is 14.7 Å². The molecule has 3 rings (SSSR count). The molecule has 0 fully saturated rings. The Kier molecular flexibility index (Phi) is 3.03. The van der Waals surface area contributed by atoms with Crippen LogP contribution in [0.25, 0.3) is 10.2 Å². The van der Waals surface area contributed by atoms with Crippen molar-refractivity contribution in [3.63, 3.8) is 0 Å². The lowest BCUT2D eigenvalue weighted by molar-refractivity contribution is 0.600. The van der Waals surface area contributed by atoms with Crippen LogP contribution in [0.4, 0.5) is 5.69 Å². The van der Waals surface area contributed by atoms with E-state index in [1.165, 1.54) is 23.6 Å². The predicted molar refractivity (Wildman–Crippen MR) is 77.5 cm³/mol. The Hall–Kier alpha value is -2.19. The fraction of sp³-hybridized carbons (Fsp3) is 0. The number of aromatic amines is 1. The van der Waals surface area contributed by atoms with Gasteiger partial charge in [0.1, 0.15) is 0 Å². The molecule has 0 bridgehead atoms. The maximum Gasteiger partial charge on any atom is 0.267 e. The minimum atomic E-state index is -3.91. The molecule has 2 aromatic heterocycles. The molecule has 2 N–H and O–H groups in total. The molecule has 0 spiro atoms. The molecule has 0 aliphatic carbocycles. The molecule has 0 amide bonds. The van der Waals surface area contributed by atoms with Crippen molar-refractivity contribution >= 4 is 37.3 Å². The summed E-state index contributed by atoms with van der Waals surface area (Å²) >= 11 is 1.41. The van der Waals surface area contributed by atoms with E-state index in [0.717, 1.165) is 16.4 Å². The molecule has 6 nitrogen and oxygen atoms in total. The minimum absolute atomic E-state index is 0.315. The molecule has 0 aliphatic rings. The van der Waals surface area contributed by atoms with Gasteiger partial charge in [0.25, 0.3) is 10.0 Å². The number of H-pyrrole nitrogens is 1. The van der Waals surface area contributed by atoms with Crippen LogP contribution in [0.5, 0.6) is 0 Å². The molecule has 2 heterocycles. The topological polar surface area (TPSA) is 91.9 Å². The Bertz CT molecular complexity index is 928. The summed E-state index contributed by atoms with van der Waals surface area (Å²) in [6, 6.07) is 6.18. The van der Waals surface area contributed by atoms with Crippen LogP contribution < -0.4 is 10.2 Å². The van der Waals surface area contributed by atoms with E-state index in [1.807, 2.05) is 0 Å². The summed E-state index contributed by atoms with van der Waals surface area (Å²) in [6.45, 7) is 0. The first-order valence-corrected chi connectivity index (χ1v) is 7.96. The van der Waals surface area contributed by atoms with Crippen molar-refractivity contribution in [3.05, 3.63) is 52.4 Å². The number of sulfonamides is 1. The third-order valence-electron chi connectivity index (χ3n) is 2.66. The van der Waals surface area contributed by atoms with Crippen molar-refractivity contribution in [1.82, 2.24) is 9.97 Å². The third kappa shape index (κ3) is 2.30. The number of hydrogen-bond donors (Lipinski definition) is 2. The Balaban J connectivity index is 2.01. The molecule has 8 heteroatoms.